The van der Waals surface area contributed by atoms with E-state index in [0.29, 0.717) is 5.92 Å². The van der Waals surface area contributed by atoms with E-state index in [2.05, 4.69) is 19.1 Å². The maximum atomic E-state index is 9.86. The number of fused-ring (bicyclic) bond motifs is 5. The number of unbranched alkanes of at least 4 members (excludes halogenated alkanes) is 1. The Hall–Kier alpha value is -0.380. The smallest absolute Gasteiger partial charge is 0.161 e. The molecule has 0 aromatic heterocycles. The minimum atomic E-state index is -0.614. The Balaban J connectivity index is 1.75. The van der Waals surface area contributed by atoms with Crippen molar-refractivity contribution in [2.45, 2.75) is 50.8 Å². The van der Waals surface area contributed by atoms with E-state index < -0.39 is 6.29 Å². The van der Waals surface area contributed by atoms with Gasteiger partial charge in [-0.3, -0.25) is 0 Å². The predicted octanol–water partition coefficient (Wildman–Crippen LogP) is 1.46. The van der Waals surface area contributed by atoms with Gasteiger partial charge >= 0.3 is 0 Å². The largest absolute Gasteiger partial charge is 0.368 e. The lowest BCUT2D eigenvalue weighted by molar-refractivity contribution is -0.129. The van der Waals surface area contributed by atoms with Crippen LogP contribution in [0.15, 0.2) is 12.2 Å². The molecule has 2 fully saturated rings. The summed E-state index contributed by atoms with van der Waals surface area (Å²) in [5.74, 6) is 0.573. The lowest BCUT2D eigenvalue weighted by atomic mass is 9.80. The zero-order valence-corrected chi connectivity index (χ0v) is 9.00. The summed E-state index contributed by atoms with van der Waals surface area (Å²) in [6.07, 6.45) is 7.48. The Morgan fingerprint density at radius 3 is 2.60 bits per heavy atom. The summed E-state index contributed by atoms with van der Waals surface area (Å²) in [6, 6.07) is 0. The van der Waals surface area contributed by atoms with E-state index in [1.54, 1.807) is 0 Å². The SMILES string of the molecule is CCCC[C@H]1OC(O)[C@@H]2[C@H]1[C@H]1C=C[C@@H]2O1. The van der Waals surface area contributed by atoms with Crippen LogP contribution in [0, 0.1) is 11.8 Å². The normalized spacial score (nSPS) is 51.3. The predicted molar refractivity (Wildman–Crippen MR) is 55.2 cm³/mol. The van der Waals surface area contributed by atoms with Crippen molar-refractivity contribution in [3.05, 3.63) is 12.2 Å². The third-order valence-electron chi connectivity index (χ3n) is 3.92. The molecule has 3 heterocycles. The van der Waals surface area contributed by atoms with Gasteiger partial charge in [-0.25, -0.2) is 0 Å². The molecule has 1 unspecified atom stereocenters. The first-order valence-corrected chi connectivity index (χ1v) is 5.98. The summed E-state index contributed by atoms with van der Waals surface area (Å²) < 4.78 is 11.4. The number of aliphatic hydroxyl groups is 1. The van der Waals surface area contributed by atoms with Gasteiger partial charge in [-0.15, -0.1) is 0 Å². The average molecular weight is 210 g/mol. The molecule has 3 aliphatic heterocycles. The number of hydrogen-bond acceptors (Lipinski definition) is 3. The molecule has 0 spiro atoms. The van der Waals surface area contributed by atoms with E-state index in [4.69, 9.17) is 9.47 Å². The zero-order chi connectivity index (χ0) is 10.4. The molecule has 15 heavy (non-hydrogen) atoms. The van der Waals surface area contributed by atoms with Gasteiger partial charge in [-0.2, -0.15) is 0 Å². The van der Waals surface area contributed by atoms with Gasteiger partial charge in [-0.1, -0.05) is 31.9 Å². The highest BCUT2D eigenvalue weighted by molar-refractivity contribution is 5.18. The summed E-state index contributed by atoms with van der Waals surface area (Å²) >= 11 is 0. The average Bonchev–Trinajstić information content (AvgIpc) is 2.88. The number of rotatable bonds is 3. The fourth-order valence-electron chi connectivity index (χ4n) is 3.21. The monoisotopic (exact) mass is 210 g/mol. The van der Waals surface area contributed by atoms with Crippen LogP contribution < -0.4 is 0 Å². The Morgan fingerprint density at radius 1 is 1.13 bits per heavy atom. The van der Waals surface area contributed by atoms with Crippen molar-refractivity contribution in [1.82, 2.24) is 0 Å². The minimum absolute atomic E-state index is 0.0987. The second-order valence-corrected chi connectivity index (χ2v) is 4.81. The van der Waals surface area contributed by atoms with Gasteiger partial charge in [0.05, 0.1) is 18.3 Å². The van der Waals surface area contributed by atoms with Crippen LogP contribution in [0.1, 0.15) is 26.2 Å². The molecule has 1 N–H and O–H groups in total. The van der Waals surface area contributed by atoms with E-state index in [-0.39, 0.29) is 24.2 Å². The van der Waals surface area contributed by atoms with Crippen molar-refractivity contribution in [1.29, 1.82) is 0 Å². The summed E-state index contributed by atoms with van der Waals surface area (Å²) in [6.45, 7) is 2.18. The van der Waals surface area contributed by atoms with E-state index in [1.807, 2.05) is 0 Å². The molecule has 0 saturated carbocycles. The molecule has 0 aromatic carbocycles. The van der Waals surface area contributed by atoms with Gasteiger partial charge in [0.1, 0.15) is 0 Å². The topological polar surface area (TPSA) is 38.7 Å². The van der Waals surface area contributed by atoms with Crippen molar-refractivity contribution >= 4 is 0 Å². The molecular weight excluding hydrogens is 192 g/mol. The highest BCUT2D eigenvalue weighted by atomic mass is 16.6. The maximum absolute atomic E-state index is 9.86. The molecule has 84 valence electrons. The summed E-state index contributed by atoms with van der Waals surface area (Å²) in [5, 5.41) is 9.86. The maximum Gasteiger partial charge on any atom is 0.161 e. The molecule has 0 aromatic rings. The molecule has 3 aliphatic rings. The summed E-state index contributed by atoms with van der Waals surface area (Å²) in [7, 11) is 0. The Morgan fingerprint density at radius 2 is 1.87 bits per heavy atom. The first-order valence-electron chi connectivity index (χ1n) is 5.98. The third-order valence-corrected chi connectivity index (χ3v) is 3.92. The minimum Gasteiger partial charge on any atom is -0.368 e. The molecule has 0 aliphatic carbocycles. The number of aliphatic hydroxyl groups excluding tert-OH is 1. The van der Waals surface area contributed by atoms with Gasteiger partial charge in [0.25, 0.3) is 0 Å². The molecule has 2 saturated heterocycles. The van der Waals surface area contributed by atoms with Crippen LogP contribution in [0.5, 0.6) is 0 Å². The van der Waals surface area contributed by atoms with Crippen LogP contribution in [-0.2, 0) is 9.47 Å². The zero-order valence-electron chi connectivity index (χ0n) is 9.00. The molecule has 2 bridgehead atoms. The highest BCUT2D eigenvalue weighted by Crippen LogP contribution is 2.49. The molecule has 3 rings (SSSR count). The van der Waals surface area contributed by atoms with Crippen LogP contribution in [-0.4, -0.2) is 29.7 Å². The summed E-state index contributed by atoms with van der Waals surface area (Å²) in [4.78, 5) is 0. The quantitative estimate of drug-likeness (QED) is 0.717. The van der Waals surface area contributed by atoms with Crippen molar-refractivity contribution in [2.24, 2.45) is 11.8 Å². The second kappa shape index (κ2) is 3.58. The van der Waals surface area contributed by atoms with Crippen LogP contribution in [0.3, 0.4) is 0 Å². The standard InChI is InChI=1S/C12H18O3/c1-2-3-4-7-10-8-5-6-9(14-8)11(10)12(13)15-7/h5-13H,2-4H2,1H3/t7-,8-,9+,10-,11+,12?/m1/s1. The van der Waals surface area contributed by atoms with Gasteiger partial charge in [0, 0.05) is 11.8 Å². The van der Waals surface area contributed by atoms with Gasteiger partial charge < -0.3 is 14.6 Å². The molecule has 0 amide bonds. The van der Waals surface area contributed by atoms with E-state index in [1.165, 1.54) is 12.8 Å². The molecule has 3 nitrogen and oxygen atoms in total. The van der Waals surface area contributed by atoms with Gasteiger partial charge in [-0.05, 0) is 6.42 Å². The Labute approximate surface area is 90.1 Å². The lowest BCUT2D eigenvalue weighted by Gasteiger charge is -2.20. The van der Waals surface area contributed by atoms with Crippen molar-refractivity contribution in [3.63, 3.8) is 0 Å². The highest BCUT2D eigenvalue weighted by Gasteiger charge is 2.57. The number of hydrogen-bond donors (Lipinski definition) is 1. The van der Waals surface area contributed by atoms with E-state index >= 15 is 0 Å². The Bertz CT molecular complexity index is 276. The van der Waals surface area contributed by atoms with Crippen molar-refractivity contribution in [3.8, 4) is 0 Å². The molecule has 6 atom stereocenters. The molecular formula is C12H18O3. The third kappa shape index (κ3) is 1.37. The number of ether oxygens (including phenoxy) is 2. The first-order chi connectivity index (χ1) is 7.31. The van der Waals surface area contributed by atoms with Gasteiger partial charge in [0.15, 0.2) is 6.29 Å². The lowest BCUT2D eigenvalue weighted by Crippen LogP contribution is -2.29. The summed E-state index contributed by atoms with van der Waals surface area (Å²) in [5.41, 5.74) is 0. The van der Waals surface area contributed by atoms with Crippen LogP contribution in [0.2, 0.25) is 0 Å². The second-order valence-electron chi connectivity index (χ2n) is 4.81. The first kappa shape index (κ1) is 9.82. The van der Waals surface area contributed by atoms with E-state index in [0.717, 1.165) is 6.42 Å². The molecule has 0 radical (unpaired) electrons. The molecule has 3 heteroatoms. The van der Waals surface area contributed by atoms with Crippen LogP contribution in [0.25, 0.3) is 0 Å². The van der Waals surface area contributed by atoms with Crippen molar-refractivity contribution in [2.75, 3.05) is 0 Å². The fraction of sp³-hybridized carbons (Fsp3) is 0.833. The van der Waals surface area contributed by atoms with Crippen molar-refractivity contribution < 1.29 is 14.6 Å². The van der Waals surface area contributed by atoms with Crippen LogP contribution in [0.4, 0.5) is 0 Å². The fourth-order valence-corrected chi connectivity index (χ4v) is 3.21. The van der Waals surface area contributed by atoms with Gasteiger partial charge in [0.2, 0.25) is 0 Å². The Kier molecular flexibility index (Phi) is 2.34. The van der Waals surface area contributed by atoms with Crippen LogP contribution >= 0.6 is 0 Å². The van der Waals surface area contributed by atoms with E-state index in [9.17, 15) is 5.11 Å².